The van der Waals surface area contributed by atoms with Crippen molar-refractivity contribution in [2.24, 2.45) is 0 Å². The molecule has 0 aliphatic carbocycles. The number of benzene rings is 1. The Hall–Kier alpha value is -1.95. The number of nitrogens with one attached hydrogen (secondary N) is 1. The zero-order chi connectivity index (χ0) is 10.4. The molecule has 0 unspecified atom stereocenters. The Bertz CT molecular complexity index is 366. The minimum absolute atomic E-state index is 0.348. The molecule has 1 rings (SSSR count). The van der Waals surface area contributed by atoms with E-state index < -0.39 is 6.09 Å². The lowest BCUT2D eigenvalue weighted by Gasteiger charge is -2.04. The third kappa shape index (κ3) is 2.83. The first-order chi connectivity index (χ1) is 6.76. The Labute approximate surface area is 83.1 Å². The van der Waals surface area contributed by atoms with Crippen LogP contribution in [-0.4, -0.2) is 12.7 Å². The minimum atomic E-state index is -0.471. The van der Waals surface area contributed by atoms with E-state index in [9.17, 15) is 4.79 Å². The van der Waals surface area contributed by atoms with E-state index in [-0.39, 0.29) is 0 Å². The molecule has 0 heterocycles. The number of amides is 1. The minimum Gasteiger partial charge on any atom is -0.450 e. The maximum Gasteiger partial charge on any atom is 0.411 e. The van der Waals surface area contributed by atoms with Crippen molar-refractivity contribution in [3.8, 4) is 12.3 Å². The fourth-order valence-electron chi connectivity index (χ4n) is 0.972. The van der Waals surface area contributed by atoms with Gasteiger partial charge in [-0.1, -0.05) is 12.0 Å². The van der Waals surface area contributed by atoms with Crippen LogP contribution in [0.1, 0.15) is 12.5 Å². The molecule has 0 fully saturated rings. The quantitative estimate of drug-likeness (QED) is 0.724. The van der Waals surface area contributed by atoms with Gasteiger partial charge in [0.05, 0.1) is 6.61 Å². The molecule has 1 aromatic carbocycles. The van der Waals surface area contributed by atoms with Gasteiger partial charge in [-0.3, -0.25) is 5.32 Å². The second-order valence-electron chi connectivity index (χ2n) is 2.57. The van der Waals surface area contributed by atoms with E-state index in [0.29, 0.717) is 12.3 Å². The standard InChI is InChI=1S/C11H11NO2/c1-3-9-6-5-7-10(8-9)12-11(13)14-4-2/h1,5-8H,4H2,2H3,(H,12,13). The van der Waals surface area contributed by atoms with Gasteiger partial charge in [-0.25, -0.2) is 4.79 Å². The van der Waals surface area contributed by atoms with Crippen LogP contribution in [0.5, 0.6) is 0 Å². The monoisotopic (exact) mass is 189 g/mol. The first kappa shape index (κ1) is 10.1. The third-order valence-corrected chi connectivity index (χ3v) is 1.55. The molecule has 0 atom stereocenters. The van der Waals surface area contributed by atoms with Crippen molar-refractivity contribution >= 4 is 11.8 Å². The molecule has 0 bridgehead atoms. The predicted molar refractivity (Wildman–Crippen MR) is 55.0 cm³/mol. The van der Waals surface area contributed by atoms with E-state index in [0.717, 1.165) is 5.56 Å². The topological polar surface area (TPSA) is 38.3 Å². The lowest BCUT2D eigenvalue weighted by molar-refractivity contribution is 0.168. The lowest BCUT2D eigenvalue weighted by atomic mass is 10.2. The second kappa shape index (κ2) is 4.93. The van der Waals surface area contributed by atoms with E-state index in [1.54, 1.807) is 31.2 Å². The summed E-state index contributed by atoms with van der Waals surface area (Å²) in [5.74, 6) is 2.48. The highest BCUT2D eigenvalue weighted by atomic mass is 16.5. The molecule has 0 saturated carbocycles. The molecular weight excluding hydrogens is 178 g/mol. The molecule has 3 heteroatoms. The number of hydrogen-bond donors (Lipinski definition) is 1. The number of carbonyl (C=O) groups excluding carboxylic acids is 1. The first-order valence-electron chi connectivity index (χ1n) is 4.26. The van der Waals surface area contributed by atoms with Gasteiger partial charge in [-0.2, -0.15) is 0 Å². The number of carbonyl (C=O) groups is 1. The number of rotatable bonds is 2. The van der Waals surface area contributed by atoms with Gasteiger partial charge < -0.3 is 4.74 Å². The number of ether oxygens (including phenoxy) is 1. The van der Waals surface area contributed by atoms with Gasteiger partial charge in [0, 0.05) is 11.3 Å². The molecule has 14 heavy (non-hydrogen) atoms. The van der Waals surface area contributed by atoms with Gasteiger partial charge in [0.15, 0.2) is 0 Å². The van der Waals surface area contributed by atoms with Gasteiger partial charge in [-0.05, 0) is 25.1 Å². The van der Waals surface area contributed by atoms with Gasteiger partial charge >= 0.3 is 6.09 Å². The summed E-state index contributed by atoms with van der Waals surface area (Å²) in [6.07, 6.45) is 4.74. The van der Waals surface area contributed by atoms with Gasteiger partial charge in [0.25, 0.3) is 0 Å². The van der Waals surface area contributed by atoms with E-state index in [1.165, 1.54) is 0 Å². The van der Waals surface area contributed by atoms with Crippen LogP contribution in [0.2, 0.25) is 0 Å². The number of anilines is 1. The van der Waals surface area contributed by atoms with Crippen LogP contribution in [0.3, 0.4) is 0 Å². The molecule has 0 radical (unpaired) electrons. The molecule has 1 amide bonds. The molecule has 3 nitrogen and oxygen atoms in total. The van der Waals surface area contributed by atoms with Crippen molar-refractivity contribution in [2.75, 3.05) is 11.9 Å². The summed E-state index contributed by atoms with van der Waals surface area (Å²) in [6.45, 7) is 2.10. The molecule has 0 aliphatic heterocycles. The smallest absolute Gasteiger partial charge is 0.411 e. The summed E-state index contributed by atoms with van der Waals surface area (Å²) in [5, 5.41) is 2.56. The highest BCUT2D eigenvalue weighted by Gasteiger charge is 2.00. The first-order valence-corrected chi connectivity index (χ1v) is 4.26. The highest BCUT2D eigenvalue weighted by Crippen LogP contribution is 2.09. The predicted octanol–water partition coefficient (Wildman–Crippen LogP) is 2.24. The Balaban J connectivity index is 2.68. The van der Waals surface area contributed by atoms with E-state index >= 15 is 0 Å². The van der Waals surface area contributed by atoms with Gasteiger partial charge in [-0.15, -0.1) is 6.42 Å². The van der Waals surface area contributed by atoms with Gasteiger partial charge in [0.1, 0.15) is 0 Å². The Morgan fingerprint density at radius 2 is 2.43 bits per heavy atom. The average molecular weight is 189 g/mol. The normalized spacial score (nSPS) is 8.86. The molecular formula is C11H11NO2. The fourth-order valence-corrected chi connectivity index (χ4v) is 0.972. The molecule has 0 aromatic heterocycles. The maximum atomic E-state index is 11.0. The largest absolute Gasteiger partial charge is 0.450 e. The third-order valence-electron chi connectivity index (χ3n) is 1.55. The average Bonchev–Trinajstić information content (AvgIpc) is 2.18. The van der Waals surface area contributed by atoms with Crippen molar-refractivity contribution < 1.29 is 9.53 Å². The Kier molecular flexibility index (Phi) is 3.57. The van der Waals surface area contributed by atoms with E-state index in [1.807, 2.05) is 0 Å². The summed E-state index contributed by atoms with van der Waals surface area (Å²) >= 11 is 0. The Morgan fingerprint density at radius 3 is 3.07 bits per heavy atom. The molecule has 0 aliphatic rings. The number of hydrogen-bond acceptors (Lipinski definition) is 2. The van der Waals surface area contributed by atoms with Crippen LogP contribution in [0.25, 0.3) is 0 Å². The zero-order valence-corrected chi connectivity index (χ0v) is 7.91. The zero-order valence-electron chi connectivity index (χ0n) is 7.91. The molecule has 0 saturated heterocycles. The SMILES string of the molecule is C#Cc1cccc(NC(=O)OCC)c1. The summed E-state index contributed by atoms with van der Waals surface area (Å²) in [4.78, 5) is 11.0. The lowest BCUT2D eigenvalue weighted by Crippen LogP contribution is -2.13. The summed E-state index contributed by atoms with van der Waals surface area (Å²) in [6, 6.07) is 7.02. The van der Waals surface area contributed by atoms with Gasteiger partial charge in [0.2, 0.25) is 0 Å². The van der Waals surface area contributed by atoms with Crippen LogP contribution in [-0.2, 0) is 4.74 Å². The van der Waals surface area contributed by atoms with Crippen LogP contribution in [0, 0.1) is 12.3 Å². The molecule has 1 N–H and O–H groups in total. The fraction of sp³-hybridized carbons (Fsp3) is 0.182. The van der Waals surface area contributed by atoms with Crippen molar-refractivity contribution in [1.29, 1.82) is 0 Å². The van der Waals surface area contributed by atoms with Crippen molar-refractivity contribution in [3.05, 3.63) is 29.8 Å². The second-order valence-corrected chi connectivity index (χ2v) is 2.57. The molecule has 1 aromatic rings. The highest BCUT2D eigenvalue weighted by molar-refractivity contribution is 5.84. The van der Waals surface area contributed by atoms with E-state index in [2.05, 4.69) is 11.2 Å². The van der Waals surface area contributed by atoms with Crippen molar-refractivity contribution in [3.63, 3.8) is 0 Å². The maximum absolute atomic E-state index is 11.0. The van der Waals surface area contributed by atoms with Crippen LogP contribution in [0.4, 0.5) is 10.5 Å². The van der Waals surface area contributed by atoms with Crippen molar-refractivity contribution in [1.82, 2.24) is 0 Å². The molecule has 72 valence electrons. The molecule has 0 spiro atoms. The van der Waals surface area contributed by atoms with Crippen LogP contribution < -0.4 is 5.32 Å². The Morgan fingerprint density at radius 1 is 1.64 bits per heavy atom. The van der Waals surface area contributed by atoms with Crippen molar-refractivity contribution in [2.45, 2.75) is 6.92 Å². The summed E-state index contributed by atoms with van der Waals surface area (Å²) in [7, 11) is 0. The van der Waals surface area contributed by atoms with Crippen LogP contribution in [0.15, 0.2) is 24.3 Å². The van der Waals surface area contributed by atoms with E-state index in [4.69, 9.17) is 11.2 Å². The number of terminal acetylenes is 1. The van der Waals surface area contributed by atoms with Crippen LogP contribution >= 0.6 is 0 Å². The summed E-state index contributed by atoms with van der Waals surface area (Å²) < 4.78 is 4.72. The summed E-state index contributed by atoms with van der Waals surface area (Å²) in [5.41, 5.74) is 1.36.